The second kappa shape index (κ2) is 5.08. The predicted molar refractivity (Wildman–Crippen MR) is 69.7 cm³/mol. The molecule has 90 valence electrons. The topological polar surface area (TPSA) is 27.0 Å². The quantitative estimate of drug-likeness (QED) is 0.802. The molecule has 2 rings (SSSR count). The number of nitrogens with zero attached hydrogens (tertiary/aromatic N) is 2. The summed E-state index contributed by atoms with van der Waals surface area (Å²) >= 11 is 6.15. The first-order valence-electron chi connectivity index (χ1n) is 6.00. The zero-order valence-corrected chi connectivity index (χ0v) is 10.9. The summed E-state index contributed by atoms with van der Waals surface area (Å²) in [5.74, 6) is 0. The first kappa shape index (κ1) is 12.4. The maximum absolute atomic E-state index is 9.08. The highest BCUT2D eigenvalue weighted by Crippen LogP contribution is 2.30. The highest BCUT2D eigenvalue weighted by Gasteiger charge is 2.29. The lowest BCUT2D eigenvalue weighted by Crippen LogP contribution is -2.37. The summed E-state index contributed by atoms with van der Waals surface area (Å²) in [6.45, 7) is 4.91. The highest BCUT2D eigenvalue weighted by atomic mass is 35.5. The van der Waals surface area contributed by atoms with Crippen molar-refractivity contribution in [3.63, 3.8) is 0 Å². The van der Waals surface area contributed by atoms with Crippen LogP contribution >= 0.6 is 11.6 Å². The number of benzene rings is 1. The number of hydrogen-bond acceptors (Lipinski definition) is 2. The molecule has 1 heterocycles. The Hall–Kier alpha value is -1.04. The molecule has 0 atom stereocenters. The van der Waals surface area contributed by atoms with E-state index in [1.807, 2.05) is 18.2 Å². The van der Waals surface area contributed by atoms with Gasteiger partial charge in [0, 0.05) is 11.6 Å². The van der Waals surface area contributed by atoms with E-state index in [4.69, 9.17) is 16.9 Å². The molecule has 1 aliphatic rings. The molecule has 0 bridgehead atoms. The van der Waals surface area contributed by atoms with Crippen molar-refractivity contribution in [2.45, 2.75) is 26.3 Å². The van der Waals surface area contributed by atoms with Crippen molar-refractivity contribution in [2.24, 2.45) is 5.41 Å². The van der Waals surface area contributed by atoms with Gasteiger partial charge in [0.05, 0.1) is 11.5 Å². The molecule has 0 unspecified atom stereocenters. The van der Waals surface area contributed by atoms with E-state index in [1.165, 1.54) is 5.56 Å². The number of halogens is 1. The summed E-state index contributed by atoms with van der Waals surface area (Å²) in [7, 11) is 0. The second-order valence-corrected chi connectivity index (χ2v) is 5.45. The Morgan fingerprint density at radius 1 is 1.35 bits per heavy atom. The third-order valence-electron chi connectivity index (χ3n) is 3.58. The minimum Gasteiger partial charge on any atom is -0.299 e. The number of rotatable bonds is 2. The van der Waals surface area contributed by atoms with Crippen LogP contribution in [0.15, 0.2) is 24.3 Å². The first-order chi connectivity index (χ1) is 8.13. The van der Waals surface area contributed by atoms with E-state index in [-0.39, 0.29) is 5.41 Å². The summed E-state index contributed by atoms with van der Waals surface area (Å²) in [6.07, 6.45) is 1.90. The van der Waals surface area contributed by atoms with Crippen molar-refractivity contribution in [2.75, 3.05) is 13.1 Å². The average molecular weight is 249 g/mol. The standard InChI is InChI=1S/C14H17ClN2/c1-14(11-16)6-8-17(9-7-14)10-12-4-2-3-5-13(12)15/h2-5H,6-10H2,1H3. The summed E-state index contributed by atoms with van der Waals surface area (Å²) in [6, 6.07) is 10.4. The number of piperidine rings is 1. The van der Waals surface area contributed by atoms with Crippen molar-refractivity contribution in [1.82, 2.24) is 4.90 Å². The molecule has 0 spiro atoms. The van der Waals surface area contributed by atoms with Gasteiger partial charge in [-0.3, -0.25) is 4.90 Å². The molecule has 2 nitrogen and oxygen atoms in total. The van der Waals surface area contributed by atoms with Crippen molar-refractivity contribution < 1.29 is 0 Å². The average Bonchev–Trinajstić information content (AvgIpc) is 2.35. The van der Waals surface area contributed by atoms with Crippen molar-refractivity contribution in [1.29, 1.82) is 5.26 Å². The molecule has 1 aromatic rings. The Morgan fingerprint density at radius 3 is 2.59 bits per heavy atom. The van der Waals surface area contributed by atoms with Gasteiger partial charge < -0.3 is 0 Å². The minimum atomic E-state index is -0.128. The van der Waals surface area contributed by atoms with Crippen LogP contribution < -0.4 is 0 Å². The Labute approximate surface area is 108 Å². The summed E-state index contributed by atoms with van der Waals surface area (Å²) in [5, 5.41) is 9.92. The smallest absolute Gasteiger partial charge is 0.0687 e. The van der Waals surface area contributed by atoms with Crippen molar-refractivity contribution in [3.8, 4) is 6.07 Å². The molecule has 0 amide bonds. The van der Waals surface area contributed by atoms with Crippen LogP contribution in [0.3, 0.4) is 0 Å². The molecule has 1 aliphatic heterocycles. The van der Waals surface area contributed by atoms with Gasteiger partial charge in [-0.05, 0) is 44.5 Å². The van der Waals surface area contributed by atoms with Gasteiger partial charge >= 0.3 is 0 Å². The molecular weight excluding hydrogens is 232 g/mol. The van der Waals surface area contributed by atoms with Crippen LogP contribution in [0.2, 0.25) is 5.02 Å². The Bertz CT molecular complexity index is 428. The SMILES string of the molecule is CC1(C#N)CCN(Cc2ccccc2Cl)CC1. The van der Waals surface area contributed by atoms with E-state index in [0.717, 1.165) is 37.5 Å². The van der Waals surface area contributed by atoms with Crippen LogP contribution in [0.4, 0.5) is 0 Å². The van der Waals surface area contributed by atoms with Gasteiger partial charge in [0.2, 0.25) is 0 Å². The van der Waals surface area contributed by atoms with E-state index in [0.29, 0.717) is 0 Å². The van der Waals surface area contributed by atoms with Gasteiger partial charge in [0.15, 0.2) is 0 Å². The summed E-state index contributed by atoms with van der Waals surface area (Å²) < 4.78 is 0. The molecule has 0 radical (unpaired) electrons. The zero-order valence-electron chi connectivity index (χ0n) is 10.1. The maximum atomic E-state index is 9.08. The number of likely N-dealkylation sites (tertiary alicyclic amines) is 1. The van der Waals surface area contributed by atoms with Gasteiger partial charge in [-0.2, -0.15) is 5.26 Å². The molecule has 1 aromatic carbocycles. The third-order valence-corrected chi connectivity index (χ3v) is 3.95. The Balaban J connectivity index is 1.95. The van der Waals surface area contributed by atoms with Gasteiger partial charge in [-0.25, -0.2) is 0 Å². The van der Waals surface area contributed by atoms with Gasteiger partial charge in [-0.1, -0.05) is 29.8 Å². The molecule has 0 aliphatic carbocycles. The van der Waals surface area contributed by atoms with Crippen LogP contribution in [0.1, 0.15) is 25.3 Å². The summed E-state index contributed by atoms with van der Waals surface area (Å²) in [5.41, 5.74) is 1.05. The van der Waals surface area contributed by atoms with E-state index in [1.54, 1.807) is 0 Å². The lowest BCUT2D eigenvalue weighted by Gasteiger charge is -2.35. The van der Waals surface area contributed by atoms with E-state index in [9.17, 15) is 0 Å². The molecule has 0 N–H and O–H groups in total. The van der Waals surface area contributed by atoms with E-state index >= 15 is 0 Å². The molecule has 0 aromatic heterocycles. The van der Waals surface area contributed by atoms with E-state index < -0.39 is 0 Å². The first-order valence-corrected chi connectivity index (χ1v) is 6.38. The largest absolute Gasteiger partial charge is 0.299 e. The molecule has 3 heteroatoms. The lowest BCUT2D eigenvalue weighted by atomic mass is 9.82. The molecular formula is C14H17ClN2. The minimum absolute atomic E-state index is 0.128. The predicted octanol–water partition coefficient (Wildman–Crippen LogP) is 3.47. The van der Waals surface area contributed by atoms with Crippen LogP contribution in [0.25, 0.3) is 0 Å². The van der Waals surface area contributed by atoms with Gasteiger partial charge in [0.1, 0.15) is 0 Å². The Kier molecular flexibility index (Phi) is 3.71. The second-order valence-electron chi connectivity index (χ2n) is 5.04. The number of hydrogen-bond donors (Lipinski definition) is 0. The normalized spacial score (nSPS) is 19.8. The van der Waals surface area contributed by atoms with Crippen molar-refractivity contribution >= 4 is 11.6 Å². The van der Waals surface area contributed by atoms with E-state index in [2.05, 4.69) is 24.0 Å². The third kappa shape index (κ3) is 3.00. The fraction of sp³-hybridized carbons (Fsp3) is 0.500. The van der Waals surface area contributed by atoms with Crippen molar-refractivity contribution in [3.05, 3.63) is 34.9 Å². The fourth-order valence-corrected chi connectivity index (χ4v) is 2.38. The van der Waals surface area contributed by atoms with Gasteiger partial charge in [0.25, 0.3) is 0 Å². The van der Waals surface area contributed by atoms with Crippen LogP contribution in [-0.4, -0.2) is 18.0 Å². The summed E-state index contributed by atoms with van der Waals surface area (Å²) in [4.78, 5) is 2.38. The molecule has 1 fully saturated rings. The van der Waals surface area contributed by atoms with Crippen LogP contribution in [0, 0.1) is 16.7 Å². The maximum Gasteiger partial charge on any atom is 0.0687 e. The monoisotopic (exact) mass is 248 g/mol. The van der Waals surface area contributed by atoms with Crippen LogP contribution in [-0.2, 0) is 6.54 Å². The molecule has 1 saturated heterocycles. The van der Waals surface area contributed by atoms with Crippen LogP contribution in [0.5, 0.6) is 0 Å². The zero-order chi connectivity index (χ0) is 12.3. The molecule has 17 heavy (non-hydrogen) atoms. The highest BCUT2D eigenvalue weighted by molar-refractivity contribution is 6.31. The molecule has 0 saturated carbocycles. The fourth-order valence-electron chi connectivity index (χ4n) is 2.18. The number of nitriles is 1. The van der Waals surface area contributed by atoms with Gasteiger partial charge in [-0.15, -0.1) is 0 Å². The lowest BCUT2D eigenvalue weighted by molar-refractivity contribution is 0.150. The Morgan fingerprint density at radius 2 is 2.00 bits per heavy atom.